The van der Waals surface area contributed by atoms with Crippen molar-refractivity contribution in [2.45, 2.75) is 17.2 Å². The van der Waals surface area contributed by atoms with E-state index in [1.54, 1.807) is 11.9 Å². The first-order valence-electron chi connectivity index (χ1n) is 8.25. The zero-order valence-corrected chi connectivity index (χ0v) is 14.7. The van der Waals surface area contributed by atoms with Gasteiger partial charge in [-0.2, -0.15) is 0 Å². The molecule has 25 heavy (non-hydrogen) atoms. The SMILES string of the molecule is Nc1cc(C(CCNSc2ccccc2)c2ccccc2)cc(N)n1. The van der Waals surface area contributed by atoms with Gasteiger partial charge >= 0.3 is 0 Å². The Bertz CT molecular complexity index is 773. The number of hydrogen-bond donors (Lipinski definition) is 3. The van der Waals surface area contributed by atoms with Crippen LogP contribution in [-0.4, -0.2) is 11.5 Å². The van der Waals surface area contributed by atoms with E-state index in [1.165, 1.54) is 10.5 Å². The molecule has 0 amide bonds. The first-order chi connectivity index (χ1) is 12.2. The summed E-state index contributed by atoms with van der Waals surface area (Å²) in [5.41, 5.74) is 14.1. The van der Waals surface area contributed by atoms with Gasteiger partial charge in [-0.1, -0.05) is 48.5 Å². The quantitative estimate of drug-likeness (QED) is 0.442. The van der Waals surface area contributed by atoms with Crippen molar-refractivity contribution in [3.05, 3.63) is 83.9 Å². The van der Waals surface area contributed by atoms with Crippen LogP contribution in [0.2, 0.25) is 0 Å². The molecule has 0 bridgehead atoms. The third kappa shape index (κ3) is 4.98. The molecule has 1 aromatic heterocycles. The standard InChI is InChI=1S/C20H22N4S/c21-19-13-16(14-20(22)24-19)18(15-7-3-1-4-8-15)11-12-23-25-17-9-5-2-6-10-17/h1-10,13-14,18,23H,11-12H2,(H4,21,22,24). The molecule has 0 aliphatic carbocycles. The molecule has 1 unspecified atom stereocenters. The molecule has 1 atom stereocenters. The lowest BCUT2D eigenvalue weighted by molar-refractivity contribution is 0.705. The Morgan fingerprint density at radius 3 is 2.08 bits per heavy atom. The Morgan fingerprint density at radius 1 is 0.840 bits per heavy atom. The van der Waals surface area contributed by atoms with Gasteiger partial charge in [0, 0.05) is 17.4 Å². The number of aromatic nitrogens is 1. The fraction of sp³-hybridized carbons (Fsp3) is 0.150. The second-order valence-electron chi connectivity index (χ2n) is 5.81. The number of nitrogen functional groups attached to an aromatic ring is 2. The van der Waals surface area contributed by atoms with Gasteiger partial charge < -0.3 is 11.5 Å². The normalized spacial score (nSPS) is 12.0. The molecule has 1 heterocycles. The third-order valence-electron chi connectivity index (χ3n) is 3.96. The summed E-state index contributed by atoms with van der Waals surface area (Å²) in [4.78, 5) is 5.29. The van der Waals surface area contributed by atoms with Crippen LogP contribution in [0.4, 0.5) is 11.6 Å². The minimum atomic E-state index is 0.220. The van der Waals surface area contributed by atoms with Gasteiger partial charge in [-0.3, -0.25) is 4.72 Å². The van der Waals surface area contributed by atoms with Crippen LogP contribution >= 0.6 is 11.9 Å². The first kappa shape index (κ1) is 17.3. The lowest BCUT2D eigenvalue weighted by Gasteiger charge is -2.19. The van der Waals surface area contributed by atoms with E-state index in [0.29, 0.717) is 11.6 Å². The molecule has 0 aliphatic heterocycles. The maximum absolute atomic E-state index is 5.90. The highest BCUT2D eigenvalue weighted by Gasteiger charge is 2.15. The van der Waals surface area contributed by atoms with Gasteiger partial charge in [0.25, 0.3) is 0 Å². The number of hydrogen-bond acceptors (Lipinski definition) is 5. The lowest BCUT2D eigenvalue weighted by Crippen LogP contribution is -2.12. The maximum Gasteiger partial charge on any atom is 0.126 e. The number of benzene rings is 2. The van der Waals surface area contributed by atoms with Crippen molar-refractivity contribution in [1.29, 1.82) is 0 Å². The summed E-state index contributed by atoms with van der Waals surface area (Å²) < 4.78 is 3.44. The van der Waals surface area contributed by atoms with Crippen LogP contribution in [0.15, 0.2) is 77.7 Å². The summed E-state index contributed by atoms with van der Waals surface area (Å²) in [5.74, 6) is 1.14. The summed E-state index contributed by atoms with van der Waals surface area (Å²) in [6.07, 6.45) is 0.937. The van der Waals surface area contributed by atoms with Gasteiger partial charge in [-0.05, 0) is 53.8 Å². The summed E-state index contributed by atoms with van der Waals surface area (Å²) in [7, 11) is 0. The number of pyridine rings is 1. The largest absolute Gasteiger partial charge is 0.384 e. The predicted molar refractivity (Wildman–Crippen MR) is 106 cm³/mol. The predicted octanol–water partition coefficient (Wildman–Crippen LogP) is 4.06. The zero-order valence-electron chi connectivity index (χ0n) is 13.9. The number of nitrogens with two attached hydrogens (primary N) is 2. The van der Waals surface area contributed by atoms with E-state index in [4.69, 9.17) is 11.5 Å². The Hall–Kier alpha value is -2.50. The van der Waals surface area contributed by atoms with Crippen LogP contribution in [0.3, 0.4) is 0 Å². The Balaban J connectivity index is 1.71. The smallest absolute Gasteiger partial charge is 0.126 e. The monoisotopic (exact) mass is 350 g/mol. The van der Waals surface area contributed by atoms with Crippen LogP contribution in [0.25, 0.3) is 0 Å². The van der Waals surface area contributed by atoms with Crippen LogP contribution in [0.1, 0.15) is 23.5 Å². The molecule has 0 fully saturated rings. The molecule has 0 saturated carbocycles. The van der Waals surface area contributed by atoms with Gasteiger partial charge in [0.2, 0.25) is 0 Å². The topological polar surface area (TPSA) is 77.0 Å². The summed E-state index contributed by atoms with van der Waals surface area (Å²) in [6.45, 7) is 0.862. The minimum absolute atomic E-state index is 0.220. The first-order valence-corrected chi connectivity index (χ1v) is 9.06. The third-order valence-corrected chi connectivity index (χ3v) is 4.82. The maximum atomic E-state index is 5.90. The van der Waals surface area contributed by atoms with Crippen molar-refractivity contribution in [3.8, 4) is 0 Å². The molecule has 0 saturated heterocycles. The molecule has 0 spiro atoms. The Kier molecular flexibility index (Phi) is 5.93. The number of nitrogens with one attached hydrogen (secondary N) is 1. The van der Waals surface area contributed by atoms with Crippen LogP contribution in [-0.2, 0) is 0 Å². The van der Waals surface area contributed by atoms with E-state index in [9.17, 15) is 0 Å². The molecule has 128 valence electrons. The van der Waals surface area contributed by atoms with Gasteiger partial charge in [0.1, 0.15) is 11.6 Å². The molecule has 3 rings (SSSR count). The average molecular weight is 350 g/mol. The van der Waals surface area contributed by atoms with E-state index >= 15 is 0 Å². The van der Waals surface area contributed by atoms with E-state index in [2.05, 4.69) is 46.1 Å². The number of nitrogens with zero attached hydrogens (tertiary/aromatic N) is 1. The van der Waals surface area contributed by atoms with Crippen molar-refractivity contribution < 1.29 is 0 Å². The van der Waals surface area contributed by atoms with Crippen molar-refractivity contribution in [2.24, 2.45) is 0 Å². The van der Waals surface area contributed by atoms with E-state index in [-0.39, 0.29) is 5.92 Å². The molecule has 0 aliphatic rings. The zero-order chi connectivity index (χ0) is 17.5. The van der Waals surface area contributed by atoms with Gasteiger partial charge in [-0.15, -0.1) is 0 Å². The second kappa shape index (κ2) is 8.55. The summed E-state index contributed by atoms with van der Waals surface area (Å²) in [5, 5.41) is 0. The number of rotatable bonds is 7. The fourth-order valence-corrected chi connectivity index (χ4v) is 3.52. The van der Waals surface area contributed by atoms with Crippen LogP contribution in [0.5, 0.6) is 0 Å². The molecule has 5 heteroatoms. The molecular weight excluding hydrogens is 328 g/mol. The highest BCUT2D eigenvalue weighted by Crippen LogP contribution is 2.30. The molecule has 5 N–H and O–H groups in total. The molecule has 0 radical (unpaired) electrons. The Morgan fingerprint density at radius 2 is 1.44 bits per heavy atom. The van der Waals surface area contributed by atoms with Crippen molar-refractivity contribution in [1.82, 2.24) is 9.71 Å². The lowest BCUT2D eigenvalue weighted by atomic mass is 9.89. The molecule has 2 aromatic carbocycles. The molecule has 4 nitrogen and oxygen atoms in total. The average Bonchev–Trinajstić information content (AvgIpc) is 2.62. The second-order valence-corrected chi connectivity index (χ2v) is 6.78. The molecule has 3 aromatic rings. The van der Waals surface area contributed by atoms with Crippen molar-refractivity contribution >= 4 is 23.6 Å². The molecular formula is C20H22N4S. The van der Waals surface area contributed by atoms with Crippen molar-refractivity contribution in [2.75, 3.05) is 18.0 Å². The summed E-state index contributed by atoms with van der Waals surface area (Å²) in [6, 6.07) is 24.5. The van der Waals surface area contributed by atoms with Gasteiger partial charge in [0.15, 0.2) is 0 Å². The van der Waals surface area contributed by atoms with Crippen LogP contribution < -0.4 is 16.2 Å². The highest BCUT2D eigenvalue weighted by molar-refractivity contribution is 7.97. The van der Waals surface area contributed by atoms with E-state index in [0.717, 1.165) is 18.5 Å². The van der Waals surface area contributed by atoms with Crippen LogP contribution in [0, 0.1) is 0 Å². The number of anilines is 2. The van der Waals surface area contributed by atoms with Gasteiger partial charge in [0.05, 0.1) is 0 Å². The Labute approximate surface area is 152 Å². The van der Waals surface area contributed by atoms with E-state index < -0.39 is 0 Å². The fourth-order valence-electron chi connectivity index (χ4n) is 2.84. The summed E-state index contributed by atoms with van der Waals surface area (Å²) >= 11 is 1.65. The highest BCUT2D eigenvalue weighted by atomic mass is 32.2. The van der Waals surface area contributed by atoms with Crippen molar-refractivity contribution in [3.63, 3.8) is 0 Å². The van der Waals surface area contributed by atoms with E-state index in [1.807, 2.05) is 36.4 Å². The van der Waals surface area contributed by atoms with Gasteiger partial charge in [-0.25, -0.2) is 4.98 Å². The minimum Gasteiger partial charge on any atom is -0.384 e.